The molecular formula is C15H28O4Si. The molecule has 0 aromatic heterocycles. The summed E-state index contributed by atoms with van der Waals surface area (Å²) in [6, 6.07) is 0. The summed E-state index contributed by atoms with van der Waals surface area (Å²) in [7, 11) is -0.155. The van der Waals surface area contributed by atoms with Gasteiger partial charge in [0.05, 0.1) is 12.5 Å². The average Bonchev–Trinajstić information content (AvgIpc) is 2.30. The lowest BCUT2D eigenvalue weighted by Gasteiger charge is -2.26. The lowest BCUT2D eigenvalue weighted by Crippen LogP contribution is -2.29. The van der Waals surface area contributed by atoms with E-state index in [-0.39, 0.29) is 12.6 Å². The van der Waals surface area contributed by atoms with Crippen LogP contribution in [0.1, 0.15) is 27.2 Å². The molecule has 0 radical (unpaired) electrons. The van der Waals surface area contributed by atoms with E-state index in [0.717, 1.165) is 5.57 Å². The number of allylic oxidation sites excluding steroid dienone is 1. The van der Waals surface area contributed by atoms with Crippen molar-refractivity contribution in [3.8, 4) is 0 Å². The van der Waals surface area contributed by atoms with Gasteiger partial charge in [0.15, 0.2) is 0 Å². The van der Waals surface area contributed by atoms with Gasteiger partial charge in [-0.3, -0.25) is 4.79 Å². The van der Waals surface area contributed by atoms with E-state index in [4.69, 9.17) is 13.9 Å². The Hall–Kier alpha value is -1.23. The maximum Gasteiger partial charge on any atom is 0.312 e. The zero-order valence-corrected chi connectivity index (χ0v) is 14.8. The lowest BCUT2D eigenvalue weighted by atomic mass is 9.86. The molecule has 20 heavy (non-hydrogen) atoms. The van der Waals surface area contributed by atoms with Crippen molar-refractivity contribution in [1.29, 1.82) is 0 Å². The summed E-state index contributed by atoms with van der Waals surface area (Å²) in [4.78, 5) is 12.0. The van der Waals surface area contributed by atoms with Gasteiger partial charge in [-0.05, 0) is 46.8 Å². The quantitative estimate of drug-likeness (QED) is 0.295. The molecule has 0 atom stereocenters. The van der Waals surface area contributed by atoms with Gasteiger partial charge < -0.3 is 13.9 Å². The summed E-state index contributed by atoms with van der Waals surface area (Å²) < 4.78 is 16.3. The molecule has 0 heterocycles. The topological polar surface area (TPSA) is 44.8 Å². The van der Waals surface area contributed by atoms with E-state index in [1.807, 2.05) is 20.8 Å². The van der Waals surface area contributed by atoms with Crippen molar-refractivity contribution in [3.63, 3.8) is 0 Å². The number of methoxy groups -OCH3 is 1. The summed E-state index contributed by atoms with van der Waals surface area (Å²) in [6.07, 6.45) is 2.09. The first kappa shape index (κ1) is 18.8. The molecule has 0 aromatic rings. The summed E-state index contributed by atoms with van der Waals surface area (Å²) in [5, 5.41) is 0. The van der Waals surface area contributed by atoms with Crippen molar-refractivity contribution < 1.29 is 18.7 Å². The number of ether oxygens (including phenoxy) is 2. The van der Waals surface area contributed by atoms with Crippen LogP contribution in [0.15, 0.2) is 24.2 Å². The van der Waals surface area contributed by atoms with Crippen LogP contribution in [-0.4, -0.2) is 28.0 Å². The van der Waals surface area contributed by atoms with Gasteiger partial charge in [0.25, 0.3) is 5.95 Å². The fraction of sp³-hybridized carbons (Fsp3) is 0.667. The molecule has 0 N–H and O–H groups in total. The van der Waals surface area contributed by atoms with Crippen molar-refractivity contribution in [1.82, 2.24) is 0 Å². The highest BCUT2D eigenvalue weighted by atomic mass is 28.4. The molecule has 0 spiro atoms. The Labute approximate surface area is 123 Å². The van der Waals surface area contributed by atoms with Crippen LogP contribution in [0.4, 0.5) is 0 Å². The standard InChI is InChI=1S/C15H28O4Si/c1-9-10-18-14(16)15(3,4)11-12(2)13(17-5)19-20(6,7)8/h9H,1,10-11H2,2-8H3/b13-12+. The van der Waals surface area contributed by atoms with Gasteiger partial charge in [-0.1, -0.05) is 12.7 Å². The van der Waals surface area contributed by atoms with E-state index in [9.17, 15) is 4.79 Å². The number of carbonyl (C=O) groups is 1. The molecule has 0 bridgehead atoms. The van der Waals surface area contributed by atoms with Gasteiger partial charge in [0, 0.05) is 5.57 Å². The van der Waals surface area contributed by atoms with Crippen LogP contribution < -0.4 is 0 Å². The molecule has 5 heteroatoms. The molecule has 4 nitrogen and oxygen atoms in total. The molecule has 0 saturated carbocycles. The van der Waals surface area contributed by atoms with E-state index in [1.54, 1.807) is 13.2 Å². The minimum atomic E-state index is -1.74. The van der Waals surface area contributed by atoms with E-state index in [1.165, 1.54) is 0 Å². The Morgan fingerprint density at radius 3 is 2.25 bits per heavy atom. The Morgan fingerprint density at radius 2 is 1.85 bits per heavy atom. The van der Waals surface area contributed by atoms with Gasteiger partial charge in [0.2, 0.25) is 8.32 Å². The lowest BCUT2D eigenvalue weighted by molar-refractivity contribution is -0.152. The Morgan fingerprint density at radius 1 is 1.30 bits per heavy atom. The Bertz CT molecular complexity index is 378. The van der Waals surface area contributed by atoms with Crippen LogP contribution in [0.3, 0.4) is 0 Å². The maximum atomic E-state index is 12.0. The largest absolute Gasteiger partial charge is 0.520 e. The molecule has 0 amide bonds. The first-order valence-corrected chi connectivity index (χ1v) is 10.1. The fourth-order valence-corrected chi connectivity index (χ4v) is 2.53. The second kappa shape index (κ2) is 7.52. The minimum absolute atomic E-state index is 0.230. The third kappa shape index (κ3) is 6.80. The molecular weight excluding hydrogens is 272 g/mol. The van der Waals surface area contributed by atoms with Gasteiger partial charge in [0.1, 0.15) is 6.61 Å². The summed E-state index contributed by atoms with van der Waals surface area (Å²) >= 11 is 0. The molecule has 0 rings (SSSR count). The molecule has 0 unspecified atom stereocenters. The highest BCUT2D eigenvalue weighted by Crippen LogP contribution is 2.29. The van der Waals surface area contributed by atoms with Gasteiger partial charge in [-0.15, -0.1) is 0 Å². The molecule has 0 fully saturated rings. The summed E-state index contributed by atoms with van der Waals surface area (Å²) in [5.41, 5.74) is 0.287. The van der Waals surface area contributed by atoms with Crippen LogP contribution in [0.5, 0.6) is 0 Å². The molecule has 0 aliphatic rings. The van der Waals surface area contributed by atoms with E-state index < -0.39 is 13.7 Å². The van der Waals surface area contributed by atoms with Crippen LogP contribution in [0.25, 0.3) is 0 Å². The Balaban J connectivity index is 4.95. The van der Waals surface area contributed by atoms with Crippen molar-refractivity contribution in [2.45, 2.75) is 46.8 Å². The Kier molecular flexibility index (Phi) is 7.06. The molecule has 0 aliphatic heterocycles. The van der Waals surface area contributed by atoms with Crippen LogP contribution in [-0.2, 0) is 18.7 Å². The number of esters is 1. The van der Waals surface area contributed by atoms with Gasteiger partial charge >= 0.3 is 5.97 Å². The average molecular weight is 300 g/mol. The number of hydrogen-bond donors (Lipinski definition) is 0. The number of rotatable bonds is 8. The van der Waals surface area contributed by atoms with Crippen molar-refractivity contribution >= 4 is 14.3 Å². The first-order valence-electron chi connectivity index (χ1n) is 6.74. The van der Waals surface area contributed by atoms with Crippen molar-refractivity contribution in [2.75, 3.05) is 13.7 Å². The minimum Gasteiger partial charge on any atom is -0.520 e. The zero-order valence-electron chi connectivity index (χ0n) is 13.8. The van der Waals surface area contributed by atoms with Crippen LogP contribution in [0, 0.1) is 5.41 Å². The third-order valence-electron chi connectivity index (χ3n) is 2.52. The molecule has 0 aliphatic carbocycles. The number of hydrogen-bond acceptors (Lipinski definition) is 4. The monoisotopic (exact) mass is 300 g/mol. The predicted molar refractivity (Wildman–Crippen MR) is 83.7 cm³/mol. The predicted octanol–water partition coefficient (Wildman–Crippen LogP) is 3.86. The van der Waals surface area contributed by atoms with Crippen molar-refractivity contribution in [2.24, 2.45) is 5.41 Å². The second-order valence-electron chi connectivity index (χ2n) is 6.43. The maximum absolute atomic E-state index is 12.0. The molecule has 116 valence electrons. The fourth-order valence-electron chi connectivity index (χ4n) is 1.72. The van der Waals surface area contributed by atoms with Gasteiger partial charge in [-0.25, -0.2) is 0 Å². The summed E-state index contributed by atoms with van der Waals surface area (Å²) in [6.45, 7) is 15.6. The smallest absolute Gasteiger partial charge is 0.312 e. The first-order chi connectivity index (χ1) is 9.03. The second-order valence-corrected chi connectivity index (χ2v) is 10.9. The highest BCUT2D eigenvalue weighted by molar-refractivity contribution is 6.70. The third-order valence-corrected chi connectivity index (χ3v) is 3.32. The van der Waals surface area contributed by atoms with Gasteiger partial charge in [-0.2, -0.15) is 0 Å². The van der Waals surface area contributed by atoms with Crippen LogP contribution in [0.2, 0.25) is 19.6 Å². The zero-order chi connectivity index (χ0) is 16.0. The molecule has 0 aromatic carbocycles. The summed E-state index contributed by atoms with van der Waals surface area (Å²) in [5.74, 6) is 0.272. The molecule has 0 saturated heterocycles. The van der Waals surface area contributed by atoms with E-state index >= 15 is 0 Å². The number of carbonyl (C=O) groups excluding carboxylic acids is 1. The van der Waals surface area contributed by atoms with Crippen molar-refractivity contribution in [3.05, 3.63) is 24.2 Å². The highest BCUT2D eigenvalue weighted by Gasteiger charge is 2.31. The van der Waals surface area contributed by atoms with Crippen LogP contribution >= 0.6 is 0 Å². The normalized spacial score (nSPS) is 13.3. The SMILES string of the molecule is C=CCOC(=O)C(C)(C)C/C(C)=C(\OC)O[Si](C)(C)C. The van der Waals surface area contributed by atoms with E-state index in [0.29, 0.717) is 12.4 Å². The van der Waals surface area contributed by atoms with E-state index in [2.05, 4.69) is 26.2 Å².